The molecule has 4 nitrogen and oxygen atoms in total. The molecular formula is C14H26N2O2. The van der Waals surface area contributed by atoms with Gasteiger partial charge in [-0.3, -0.25) is 4.79 Å². The third kappa shape index (κ3) is 3.95. The summed E-state index contributed by atoms with van der Waals surface area (Å²) in [6, 6.07) is 0. The van der Waals surface area contributed by atoms with Crippen LogP contribution in [0.25, 0.3) is 0 Å². The predicted octanol–water partition coefficient (Wildman–Crippen LogP) is 1.31. The van der Waals surface area contributed by atoms with E-state index in [2.05, 4.69) is 17.6 Å². The lowest BCUT2D eigenvalue weighted by Crippen LogP contribution is -2.36. The molecule has 4 heteroatoms. The molecule has 0 unspecified atom stereocenters. The van der Waals surface area contributed by atoms with E-state index in [1.807, 2.05) is 0 Å². The summed E-state index contributed by atoms with van der Waals surface area (Å²) in [6.07, 6.45) is 6.76. The first kappa shape index (κ1) is 13.8. The molecule has 1 amide bonds. The molecular weight excluding hydrogens is 228 g/mol. The van der Waals surface area contributed by atoms with Crippen LogP contribution in [0.15, 0.2) is 0 Å². The number of carbonyl (C=O) groups is 1. The van der Waals surface area contributed by atoms with Gasteiger partial charge in [0, 0.05) is 13.1 Å². The second-order valence-electron chi connectivity index (χ2n) is 5.66. The van der Waals surface area contributed by atoms with E-state index in [4.69, 9.17) is 4.74 Å². The molecule has 1 aliphatic carbocycles. The molecule has 18 heavy (non-hydrogen) atoms. The van der Waals surface area contributed by atoms with Crippen LogP contribution in [0.2, 0.25) is 0 Å². The maximum Gasteiger partial charge on any atom is 0.224 e. The molecule has 2 N–H and O–H groups in total. The van der Waals surface area contributed by atoms with Crippen LogP contribution in [-0.4, -0.2) is 38.3 Å². The normalized spacial score (nSPS) is 29.4. The van der Waals surface area contributed by atoms with Gasteiger partial charge >= 0.3 is 0 Å². The molecule has 1 saturated heterocycles. The number of amides is 1. The average molecular weight is 254 g/mol. The molecule has 2 atom stereocenters. The monoisotopic (exact) mass is 254 g/mol. The van der Waals surface area contributed by atoms with Crippen molar-refractivity contribution in [3.05, 3.63) is 0 Å². The summed E-state index contributed by atoms with van der Waals surface area (Å²) in [5, 5.41) is 6.24. The van der Waals surface area contributed by atoms with Crippen LogP contribution >= 0.6 is 0 Å². The summed E-state index contributed by atoms with van der Waals surface area (Å²) in [5.74, 6) is 0.767. The zero-order valence-electron chi connectivity index (χ0n) is 11.4. The Morgan fingerprint density at radius 2 is 2.06 bits per heavy atom. The Morgan fingerprint density at radius 3 is 2.72 bits per heavy atom. The second-order valence-corrected chi connectivity index (χ2v) is 5.66. The zero-order valence-corrected chi connectivity index (χ0v) is 11.4. The highest BCUT2D eigenvalue weighted by Crippen LogP contribution is 2.20. The van der Waals surface area contributed by atoms with Crippen LogP contribution in [0.1, 0.15) is 39.0 Å². The summed E-state index contributed by atoms with van der Waals surface area (Å²) < 4.78 is 5.79. The van der Waals surface area contributed by atoms with Crippen LogP contribution < -0.4 is 10.6 Å². The van der Waals surface area contributed by atoms with Crippen LogP contribution in [0.5, 0.6) is 0 Å². The summed E-state index contributed by atoms with van der Waals surface area (Å²) in [6.45, 7) is 5.21. The molecule has 2 aliphatic rings. The van der Waals surface area contributed by atoms with Crippen molar-refractivity contribution >= 4 is 5.91 Å². The van der Waals surface area contributed by atoms with Gasteiger partial charge in [0.15, 0.2) is 0 Å². The van der Waals surface area contributed by atoms with E-state index in [-0.39, 0.29) is 11.8 Å². The van der Waals surface area contributed by atoms with Crippen LogP contribution in [-0.2, 0) is 9.53 Å². The molecule has 0 aromatic heterocycles. The predicted molar refractivity (Wildman–Crippen MR) is 71.4 cm³/mol. The van der Waals surface area contributed by atoms with E-state index in [0.717, 1.165) is 13.1 Å². The molecule has 104 valence electrons. The first-order valence-corrected chi connectivity index (χ1v) is 7.37. The molecule has 0 aromatic rings. The molecule has 0 bridgehead atoms. The highest BCUT2D eigenvalue weighted by Gasteiger charge is 2.29. The van der Waals surface area contributed by atoms with Gasteiger partial charge in [-0.05, 0) is 25.3 Å². The lowest BCUT2D eigenvalue weighted by molar-refractivity contribution is -0.125. The van der Waals surface area contributed by atoms with Gasteiger partial charge in [-0.1, -0.05) is 26.2 Å². The van der Waals surface area contributed by atoms with Gasteiger partial charge in [-0.2, -0.15) is 0 Å². The third-order valence-corrected chi connectivity index (χ3v) is 4.16. The fourth-order valence-electron chi connectivity index (χ4n) is 2.92. The topological polar surface area (TPSA) is 50.4 Å². The molecule has 1 aliphatic heterocycles. The van der Waals surface area contributed by atoms with Crippen molar-refractivity contribution in [2.24, 2.45) is 11.8 Å². The minimum absolute atomic E-state index is 0.139. The van der Waals surface area contributed by atoms with Crippen LogP contribution in [0, 0.1) is 11.8 Å². The molecule has 0 spiro atoms. The fourth-order valence-corrected chi connectivity index (χ4v) is 2.92. The van der Waals surface area contributed by atoms with Crippen molar-refractivity contribution in [3.8, 4) is 0 Å². The Bertz CT molecular complexity index is 265. The Balaban J connectivity index is 1.56. The van der Waals surface area contributed by atoms with Crippen LogP contribution in [0.3, 0.4) is 0 Å². The Hall–Kier alpha value is -0.610. The van der Waals surface area contributed by atoms with Gasteiger partial charge in [-0.15, -0.1) is 0 Å². The first-order valence-electron chi connectivity index (χ1n) is 7.37. The average Bonchev–Trinajstić information content (AvgIpc) is 2.82. The van der Waals surface area contributed by atoms with Crippen molar-refractivity contribution in [2.75, 3.05) is 26.2 Å². The minimum Gasteiger partial charge on any atom is -0.376 e. The number of hydrogen-bond acceptors (Lipinski definition) is 3. The van der Waals surface area contributed by atoms with E-state index in [1.165, 1.54) is 32.1 Å². The first-order chi connectivity index (χ1) is 8.77. The van der Waals surface area contributed by atoms with E-state index < -0.39 is 0 Å². The van der Waals surface area contributed by atoms with Crippen molar-refractivity contribution in [3.63, 3.8) is 0 Å². The quantitative estimate of drug-likeness (QED) is 0.727. The second kappa shape index (κ2) is 7.10. The van der Waals surface area contributed by atoms with Gasteiger partial charge in [0.1, 0.15) is 0 Å². The maximum atomic E-state index is 11.9. The summed E-state index contributed by atoms with van der Waals surface area (Å²) in [5.41, 5.74) is 0. The molecule has 0 radical (unpaired) electrons. The molecule has 1 saturated carbocycles. The molecule has 2 rings (SSSR count). The molecule has 0 aromatic carbocycles. The smallest absolute Gasteiger partial charge is 0.224 e. The van der Waals surface area contributed by atoms with Gasteiger partial charge < -0.3 is 15.4 Å². The molecule has 2 fully saturated rings. The van der Waals surface area contributed by atoms with E-state index in [1.54, 1.807) is 0 Å². The summed E-state index contributed by atoms with van der Waals surface area (Å²) >= 11 is 0. The van der Waals surface area contributed by atoms with E-state index in [9.17, 15) is 4.79 Å². The van der Waals surface area contributed by atoms with Gasteiger partial charge in [0.05, 0.1) is 18.6 Å². The SMILES string of the molecule is C[C@@H]1CNC[C@H]1C(=O)NCCOC1CCCCC1. The van der Waals surface area contributed by atoms with Gasteiger partial charge in [0.2, 0.25) is 5.91 Å². The highest BCUT2D eigenvalue weighted by atomic mass is 16.5. The standard InChI is InChI=1S/C14H26N2O2/c1-11-9-15-10-13(11)14(17)16-7-8-18-12-5-3-2-4-6-12/h11-13,15H,2-10H2,1H3,(H,16,17)/t11-,13-/m1/s1. The Kier molecular flexibility index (Phi) is 5.45. The van der Waals surface area contributed by atoms with Gasteiger partial charge in [0.25, 0.3) is 0 Å². The summed E-state index contributed by atoms with van der Waals surface area (Å²) in [7, 11) is 0. The summed E-state index contributed by atoms with van der Waals surface area (Å²) in [4.78, 5) is 11.9. The van der Waals surface area contributed by atoms with Crippen molar-refractivity contribution < 1.29 is 9.53 Å². The number of nitrogens with one attached hydrogen (secondary N) is 2. The fraction of sp³-hybridized carbons (Fsp3) is 0.929. The van der Waals surface area contributed by atoms with Crippen molar-refractivity contribution in [2.45, 2.75) is 45.1 Å². The minimum atomic E-state index is 0.139. The van der Waals surface area contributed by atoms with Crippen LogP contribution in [0.4, 0.5) is 0 Å². The number of ether oxygens (including phenoxy) is 1. The van der Waals surface area contributed by atoms with E-state index >= 15 is 0 Å². The highest BCUT2D eigenvalue weighted by molar-refractivity contribution is 5.79. The van der Waals surface area contributed by atoms with Crippen molar-refractivity contribution in [1.29, 1.82) is 0 Å². The Labute approximate surface area is 110 Å². The molecule has 1 heterocycles. The van der Waals surface area contributed by atoms with Gasteiger partial charge in [-0.25, -0.2) is 0 Å². The van der Waals surface area contributed by atoms with Crippen molar-refractivity contribution in [1.82, 2.24) is 10.6 Å². The number of hydrogen-bond donors (Lipinski definition) is 2. The third-order valence-electron chi connectivity index (χ3n) is 4.16. The zero-order chi connectivity index (χ0) is 12.8. The number of carbonyl (C=O) groups excluding carboxylic acids is 1. The lowest BCUT2D eigenvalue weighted by atomic mass is 9.97. The number of rotatable bonds is 5. The lowest BCUT2D eigenvalue weighted by Gasteiger charge is -2.22. The maximum absolute atomic E-state index is 11.9. The Morgan fingerprint density at radius 1 is 1.28 bits per heavy atom. The van der Waals surface area contributed by atoms with E-state index in [0.29, 0.717) is 25.2 Å². The largest absolute Gasteiger partial charge is 0.376 e.